The number of hydrogen-bond donors (Lipinski definition) is 2. The highest BCUT2D eigenvalue weighted by atomic mass is 16.5. The number of rotatable bonds is 7. The Morgan fingerprint density at radius 1 is 1.19 bits per heavy atom. The van der Waals surface area contributed by atoms with Crippen LogP contribution in [0.1, 0.15) is 31.2 Å². The number of nitrogens with one attached hydrogen (secondary N) is 2. The van der Waals surface area contributed by atoms with Crippen LogP contribution in [0.4, 0.5) is 0 Å². The number of piperidine rings is 1. The van der Waals surface area contributed by atoms with Crippen LogP contribution in [0.3, 0.4) is 0 Å². The van der Waals surface area contributed by atoms with Gasteiger partial charge < -0.3 is 15.2 Å². The van der Waals surface area contributed by atoms with Gasteiger partial charge in [-0.05, 0) is 37.5 Å². The van der Waals surface area contributed by atoms with Crippen LogP contribution in [-0.4, -0.2) is 58.2 Å². The summed E-state index contributed by atoms with van der Waals surface area (Å²) in [5.74, 6) is 1.91. The normalized spacial score (nSPS) is 19.6. The van der Waals surface area contributed by atoms with Crippen LogP contribution in [0.5, 0.6) is 0 Å². The van der Waals surface area contributed by atoms with Gasteiger partial charge in [-0.3, -0.25) is 14.9 Å². The minimum absolute atomic E-state index is 0.407. The number of aromatic nitrogens is 3. The molecule has 1 fully saturated rings. The standard InChI is InChI=1S/C24H31N7O/c1-18-16-20(12-15-31(18)17-19-8-4-3-5-9-19)28-24(25-2)27-14-11-22-29-23(32-30-22)21-10-6-7-13-26-21/h3-10,13,18,20H,11-12,14-17H2,1-2H3,(H2,25,27,28). The molecule has 8 nitrogen and oxygen atoms in total. The molecule has 8 heteroatoms. The lowest BCUT2D eigenvalue weighted by Crippen LogP contribution is -2.51. The monoisotopic (exact) mass is 433 g/mol. The van der Waals surface area contributed by atoms with E-state index in [4.69, 9.17) is 4.52 Å². The fraction of sp³-hybridized carbons (Fsp3) is 0.417. The molecule has 0 saturated carbocycles. The molecule has 1 aliphatic rings. The average molecular weight is 434 g/mol. The molecular formula is C24H31N7O. The van der Waals surface area contributed by atoms with E-state index < -0.39 is 0 Å². The van der Waals surface area contributed by atoms with Crippen LogP contribution in [0.25, 0.3) is 11.6 Å². The second kappa shape index (κ2) is 10.9. The first-order valence-corrected chi connectivity index (χ1v) is 11.2. The summed E-state index contributed by atoms with van der Waals surface area (Å²) in [6.45, 7) is 5.06. The summed E-state index contributed by atoms with van der Waals surface area (Å²) < 4.78 is 5.32. The lowest BCUT2D eigenvalue weighted by Gasteiger charge is -2.38. The summed E-state index contributed by atoms with van der Waals surface area (Å²) in [6, 6.07) is 17.2. The number of nitrogens with zero attached hydrogens (tertiary/aromatic N) is 5. The van der Waals surface area contributed by atoms with Gasteiger partial charge in [0.25, 0.3) is 5.89 Å². The first-order chi connectivity index (χ1) is 15.7. The van der Waals surface area contributed by atoms with Crippen LogP contribution in [-0.2, 0) is 13.0 Å². The number of hydrogen-bond acceptors (Lipinski definition) is 6. The van der Waals surface area contributed by atoms with Gasteiger partial charge in [0.15, 0.2) is 11.8 Å². The Labute approximate surface area is 189 Å². The number of benzene rings is 1. The Morgan fingerprint density at radius 2 is 2.03 bits per heavy atom. The fourth-order valence-electron chi connectivity index (χ4n) is 4.03. The molecule has 0 amide bonds. The highest BCUT2D eigenvalue weighted by molar-refractivity contribution is 5.79. The molecule has 168 valence electrons. The van der Waals surface area contributed by atoms with Gasteiger partial charge in [-0.25, -0.2) is 0 Å². The maximum absolute atomic E-state index is 5.32. The number of guanidine groups is 1. The molecule has 1 aliphatic heterocycles. The number of aliphatic imine (C=N–C) groups is 1. The molecule has 32 heavy (non-hydrogen) atoms. The van der Waals surface area contributed by atoms with Crippen molar-refractivity contribution < 1.29 is 4.52 Å². The second-order valence-corrected chi connectivity index (χ2v) is 8.15. The van der Waals surface area contributed by atoms with Gasteiger partial charge in [-0.2, -0.15) is 4.98 Å². The van der Waals surface area contributed by atoms with Gasteiger partial charge in [0.05, 0.1) is 0 Å². The van der Waals surface area contributed by atoms with Crippen molar-refractivity contribution in [1.29, 1.82) is 0 Å². The fourth-order valence-corrected chi connectivity index (χ4v) is 4.03. The Balaban J connectivity index is 1.21. The van der Waals surface area contributed by atoms with E-state index in [2.05, 4.69) is 72.9 Å². The van der Waals surface area contributed by atoms with Crippen molar-refractivity contribution in [3.8, 4) is 11.6 Å². The second-order valence-electron chi connectivity index (χ2n) is 8.15. The molecule has 0 spiro atoms. The summed E-state index contributed by atoms with van der Waals surface area (Å²) in [7, 11) is 1.80. The van der Waals surface area contributed by atoms with Crippen LogP contribution < -0.4 is 10.6 Å². The Kier molecular flexibility index (Phi) is 7.45. The van der Waals surface area contributed by atoms with Gasteiger partial charge >= 0.3 is 0 Å². The summed E-state index contributed by atoms with van der Waals surface area (Å²) in [5, 5.41) is 11.0. The summed E-state index contributed by atoms with van der Waals surface area (Å²) in [5.41, 5.74) is 2.06. The number of likely N-dealkylation sites (tertiary alicyclic amines) is 1. The van der Waals surface area contributed by atoms with E-state index in [-0.39, 0.29) is 0 Å². The van der Waals surface area contributed by atoms with Crippen molar-refractivity contribution in [3.63, 3.8) is 0 Å². The smallest absolute Gasteiger partial charge is 0.276 e. The van der Waals surface area contributed by atoms with E-state index in [0.717, 1.165) is 31.9 Å². The summed E-state index contributed by atoms with van der Waals surface area (Å²) >= 11 is 0. The minimum Gasteiger partial charge on any atom is -0.356 e. The molecule has 3 aromatic rings. The predicted molar refractivity (Wildman–Crippen MR) is 125 cm³/mol. The van der Waals surface area contributed by atoms with Gasteiger partial charge in [-0.15, -0.1) is 0 Å². The van der Waals surface area contributed by atoms with Gasteiger partial charge in [-0.1, -0.05) is 41.6 Å². The Hall–Kier alpha value is -3.26. The minimum atomic E-state index is 0.407. The Bertz CT molecular complexity index is 990. The SMILES string of the molecule is CN=C(NCCc1noc(-c2ccccn2)n1)NC1CCN(Cc2ccccc2)C(C)C1. The molecule has 1 saturated heterocycles. The van der Waals surface area contributed by atoms with Crippen molar-refractivity contribution >= 4 is 5.96 Å². The molecule has 0 aliphatic carbocycles. The molecule has 2 aromatic heterocycles. The largest absolute Gasteiger partial charge is 0.356 e. The molecule has 1 aromatic carbocycles. The maximum atomic E-state index is 5.32. The zero-order valence-electron chi connectivity index (χ0n) is 18.7. The molecule has 4 rings (SSSR count). The van der Waals surface area contributed by atoms with E-state index in [1.54, 1.807) is 13.2 Å². The number of pyridine rings is 1. The third-order valence-electron chi connectivity index (χ3n) is 5.80. The first-order valence-electron chi connectivity index (χ1n) is 11.2. The third-order valence-corrected chi connectivity index (χ3v) is 5.80. The van der Waals surface area contributed by atoms with Crippen LogP contribution in [0, 0.1) is 0 Å². The van der Waals surface area contributed by atoms with E-state index in [1.165, 1.54) is 5.56 Å². The molecular weight excluding hydrogens is 402 g/mol. The van der Waals surface area contributed by atoms with E-state index in [9.17, 15) is 0 Å². The predicted octanol–water partition coefficient (Wildman–Crippen LogP) is 2.89. The molecule has 0 radical (unpaired) electrons. The third kappa shape index (κ3) is 5.91. The van der Waals surface area contributed by atoms with Crippen LogP contribution in [0.2, 0.25) is 0 Å². The Morgan fingerprint density at radius 3 is 2.78 bits per heavy atom. The molecule has 0 bridgehead atoms. The van der Waals surface area contributed by atoms with Crippen molar-refractivity contribution in [1.82, 2.24) is 30.7 Å². The maximum Gasteiger partial charge on any atom is 0.276 e. The van der Waals surface area contributed by atoms with E-state index >= 15 is 0 Å². The average Bonchev–Trinajstić information content (AvgIpc) is 3.30. The van der Waals surface area contributed by atoms with Gasteiger partial charge in [0.2, 0.25) is 0 Å². The topological polar surface area (TPSA) is 91.5 Å². The molecule has 2 N–H and O–H groups in total. The molecule has 3 heterocycles. The van der Waals surface area contributed by atoms with Gasteiger partial charge in [0.1, 0.15) is 5.69 Å². The first kappa shape index (κ1) is 22.0. The van der Waals surface area contributed by atoms with E-state index in [1.807, 2.05) is 18.2 Å². The summed E-state index contributed by atoms with van der Waals surface area (Å²) in [4.78, 5) is 15.6. The lowest BCUT2D eigenvalue weighted by molar-refractivity contribution is 0.134. The van der Waals surface area contributed by atoms with Crippen LogP contribution >= 0.6 is 0 Å². The zero-order chi connectivity index (χ0) is 22.2. The molecule has 2 atom stereocenters. The lowest BCUT2D eigenvalue weighted by atomic mass is 9.97. The van der Waals surface area contributed by atoms with Gasteiger partial charge in [0, 0.05) is 51.4 Å². The van der Waals surface area contributed by atoms with Crippen molar-refractivity contribution in [2.75, 3.05) is 20.1 Å². The van der Waals surface area contributed by atoms with Crippen molar-refractivity contribution in [3.05, 3.63) is 66.1 Å². The zero-order valence-corrected chi connectivity index (χ0v) is 18.7. The van der Waals surface area contributed by atoms with Crippen molar-refractivity contribution in [2.24, 2.45) is 4.99 Å². The summed E-state index contributed by atoms with van der Waals surface area (Å²) in [6.07, 6.45) is 4.54. The van der Waals surface area contributed by atoms with Crippen molar-refractivity contribution in [2.45, 2.75) is 44.8 Å². The highest BCUT2D eigenvalue weighted by Crippen LogP contribution is 2.20. The van der Waals surface area contributed by atoms with E-state index in [0.29, 0.717) is 42.5 Å². The molecule has 2 unspecified atom stereocenters. The quantitative estimate of drug-likeness (QED) is 0.437. The highest BCUT2D eigenvalue weighted by Gasteiger charge is 2.26. The van der Waals surface area contributed by atoms with Crippen LogP contribution in [0.15, 0.2) is 64.2 Å².